The van der Waals surface area contributed by atoms with E-state index in [2.05, 4.69) is 15.5 Å². The fraction of sp³-hybridized carbons (Fsp3) is 0.579. The van der Waals surface area contributed by atoms with Crippen molar-refractivity contribution in [2.45, 2.75) is 32.7 Å². The van der Waals surface area contributed by atoms with Gasteiger partial charge in [-0.25, -0.2) is 0 Å². The average molecular weight is 345 g/mol. The van der Waals surface area contributed by atoms with Gasteiger partial charge in [0.05, 0.1) is 36.4 Å². The highest BCUT2D eigenvalue weighted by molar-refractivity contribution is 6.01. The molecule has 0 radical (unpaired) electrons. The minimum absolute atomic E-state index is 0.0332. The number of ether oxygens (including phenoxy) is 1. The highest BCUT2D eigenvalue weighted by Gasteiger charge is 2.48. The van der Waals surface area contributed by atoms with Crippen LogP contribution in [0, 0.1) is 11.8 Å². The predicted molar refractivity (Wildman–Crippen MR) is 97.6 cm³/mol. The number of carbonyl (C=O) groups is 2. The smallest absolute Gasteiger partial charge is 0.228 e. The Kier molecular flexibility index (Phi) is 4.99. The predicted octanol–water partition coefficient (Wildman–Crippen LogP) is 2.01. The highest BCUT2D eigenvalue weighted by atomic mass is 16.5. The molecule has 1 aromatic carbocycles. The van der Waals surface area contributed by atoms with Gasteiger partial charge in [-0.1, -0.05) is 12.1 Å². The Morgan fingerprint density at radius 2 is 1.72 bits per heavy atom. The van der Waals surface area contributed by atoms with Gasteiger partial charge in [-0.2, -0.15) is 0 Å². The Balaban J connectivity index is 1.62. The van der Waals surface area contributed by atoms with E-state index >= 15 is 0 Å². The molecule has 2 fully saturated rings. The SMILES string of the molecule is CC(C)(C)NC(=O)C1CC1C(=O)Nc1ccccc1N1CCOCC1. The van der Waals surface area contributed by atoms with Gasteiger partial charge in [0.2, 0.25) is 11.8 Å². The van der Waals surface area contributed by atoms with Crippen molar-refractivity contribution < 1.29 is 14.3 Å². The molecule has 2 aliphatic rings. The third-order valence-corrected chi connectivity index (χ3v) is 4.48. The van der Waals surface area contributed by atoms with E-state index in [1.807, 2.05) is 45.0 Å². The van der Waals surface area contributed by atoms with Gasteiger partial charge in [0, 0.05) is 18.6 Å². The zero-order valence-corrected chi connectivity index (χ0v) is 15.2. The quantitative estimate of drug-likeness (QED) is 0.876. The lowest BCUT2D eigenvalue weighted by atomic mass is 10.1. The molecule has 2 amide bonds. The van der Waals surface area contributed by atoms with E-state index in [9.17, 15) is 9.59 Å². The summed E-state index contributed by atoms with van der Waals surface area (Å²) < 4.78 is 5.40. The molecule has 2 N–H and O–H groups in total. The summed E-state index contributed by atoms with van der Waals surface area (Å²) in [4.78, 5) is 27.0. The van der Waals surface area contributed by atoms with Crippen LogP contribution in [0.4, 0.5) is 11.4 Å². The Labute approximate surface area is 148 Å². The van der Waals surface area contributed by atoms with Gasteiger partial charge >= 0.3 is 0 Å². The number of amides is 2. The largest absolute Gasteiger partial charge is 0.378 e. The Morgan fingerprint density at radius 3 is 2.40 bits per heavy atom. The first-order valence-corrected chi connectivity index (χ1v) is 8.90. The molecule has 25 heavy (non-hydrogen) atoms. The van der Waals surface area contributed by atoms with Crippen molar-refractivity contribution in [1.82, 2.24) is 5.32 Å². The molecule has 0 aromatic heterocycles. The summed E-state index contributed by atoms with van der Waals surface area (Å²) in [5.41, 5.74) is 1.54. The van der Waals surface area contributed by atoms with E-state index in [1.54, 1.807) is 0 Å². The molecule has 3 rings (SSSR count). The summed E-state index contributed by atoms with van der Waals surface area (Å²) in [6.07, 6.45) is 0.619. The second kappa shape index (κ2) is 7.04. The minimum Gasteiger partial charge on any atom is -0.378 e. The summed E-state index contributed by atoms with van der Waals surface area (Å²) >= 11 is 0. The first-order valence-electron chi connectivity index (χ1n) is 8.90. The number of nitrogens with zero attached hydrogens (tertiary/aromatic N) is 1. The molecule has 0 bridgehead atoms. The van der Waals surface area contributed by atoms with Gasteiger partial charge in [0.1, 0.15) is 0 Å². The minimum atomic E-state index is -0.274. The number of para-hydroxylation sites is 2. The topological polar surface area (TPSA) is 70.7 Å². The number of hydrogen-bond donors (Lipinski definition) is 2. The van der Waals surface area contributed by atoms with Crippen LogP contribution in [0.5, 0.6) is 0 Å². The Hall–Kier alpha value is -2.08. The fourth-order valence-electron chi connectivity index (χ4n) is 3.12. The highest BCUT2D eigenvalue weighted by Crippen LogP contribution is 2.40. The first-order chi connectivity index (χ1) is 11.8. The third-order valence-electron chi connectivity index (χ3n) is 4.48. The van der Waals surface area contributed by atoms with Crippen LogP contribution in [0.2, 0.25) is 0 Å². The number of nitrogens with one attached hydrogen (secondary N) is 2. The standard InChI is InChI=1S/C19H27N3O3/c1-19(2,3)21-18(24)14-12-13(14)17(23)20-15-6-4-5-7-16(15)22-8-10-25-11-9-22/h4-7,13-14H,8-12H2,1-3H3,(H,20,23)(H,21,24). The zero-order valence-electron chi connectivity index (χ0n) is 15.2. The van der Waals surface area contributed by atoms with Gasteiger partial charge in [-0.3, -0.25) is 9.59 Å². The molecule has 1 heterocycles. The van der Waals surface area contributed by atoms with Gasteiger partial charge in [0.25, 0.3) is 0 Å². The summed E-state index contributed by atoms with van der Waals surface area (Å²) in [5.74, 6) is -0.557. The van der Waals surface area contributed by atoms with Crippen molar-refractivity contribution in [3.63, 3.8) is 0 Å². The first kappa shape index (κ1) is 17.7. The Morgan fingerprint density at radius 1 is 1.08 bits per heavy atom. The molecule has 2 unspecified atom stereocenters. The maximum absolute atomic E-state index is 12.6. The van der Waals surface area contributed by atoms with Gasteiger partial charge in [0.15, 0.2) is 0 Å². The summed E-state index contributed by atoms with van der Waals surface area (Å²) in [6, 6.07) is 7.81. The van der Waals surface area contributed by atoms with E-state index in [-0.39, 0.29) is 29.2 Å². The summed E-state index contributed by atoms with van der Waals surface area (Å²) in [5, 5.41) is 5.97. The molecule has 6 nitrogen and oxygen atoms in total. The van der Waals surface area contributed by atoms with Crippen LogP contribution in [0.3, 0.4) is 0 Å². The average Bonchev–Trinajstić information content (AvgIpc) is 3.35. The molecule has 6 heteroatoms. The molecule has 1 saturated carbocycles. The van der Waals surface area contributed by atoms with Crippen LogP contribution in [0.1, 0.15) is 27.2 Å². The molecule has 1 aromatic rings. The molecule has 1 saturated heterocycles. The number of morpholine rings is 1. The van der Waals surface area contributed by atoms with Gasteiger partial charge in [-0.15, -0.1) is 0 Å². The zero-order chi connectivity index (χ0) is 18.0. The second-order valence-corrected chi connectivity index (χ2v) is 7.79. The van der Waals surface area contributed by atoms with E-state index in [0.29, 0.717) is 19.6 Å². The lowest BCUT2D eigenvalue weighted by Crippen LogP contribution is -2.42. The van der Waals surface area contributed by atoms with Crippen molar-refractivity contribution in [1.29, 1.82) is 0 Å². The van der Waals surface area contributed by atoms with Crippen molar-refractivity contribution in [2.75, 3.05) is 36.5 Å². The maximum atomic E-state index is 12.6. The Bertz CT molecular complexity index is 648. The normalized spacial score (nSPS) is 23.1. The van der Waals surface area contributed by atoms with Crippen molar-refractivity contribution in [3.8, 4) is 0 Å². The molecule has 1 aliphatic heterocycles. The van der Waals surface area contributed by atoms with E-state index in [1.165, 1.54) is 0 Å². The molecule has 2 atom stereocenters. The van der Waals surface area contributed by atoms with Crippen molar-refractivity contribution in [2.24, 2.45) is 11.8 Å². The monoisotopic (exact) mass is 345 g/mol. The number of benzene rings is 1. The van der Waals surface area contributed by atoms with Gasteiger partial charge in [-0.05, 0) is 39.3 Å². The number of rotatable bonds is 4. The number of carbonyl (C=O) groups excluding carboxylic acids is 2. The van der Waals surface area contributed by atoms with Crippen LogP contribution in [-0.4, -0.2) is 43.7 Å². The molecule has 1 aliphatic carbocycles. The molecule has 136 valence electrons. The molecule has 0 spiro atoms. The maximum Gasteiger partial charge on any atom is 0.228 e. The van der Waals surface area contributed by atoms with Crippen LogP contribution in [-0.2, 0) is 14.3 Å². The lowest BCUT2D eigenvalue weighted by Gasteiger charge is -2.30. The lowest BCUT2D eigenvalue weighted by molar-refractivity contribution is -0.126. The number of anilines is 2. The van der Waals surface area contributed by atoms with E-state index in [4.69, 9.17) is 4.74 Å². The van der Waals surface area contributed by atoms with Crippen LogP contribution in [0.25, 0.3) is 0 Å². The molecular formula is C19H27N3O3. The van der Waals surface area contributed by atoms with Crippen LogP contribution < -0.4 is 15.5 Å². The third kappa shape index (κ3) is 4.51. The number of hydrogen-bond acceptors (Lipinski definition) is 4. The fourth-order valence-corrected chi connectivity index (χ4v) is 3.12. The van der Waals surface area contributed by atoms with Crippen molar-refractivity contribution >= 4 is 23.2 Å². The van der Waals surface area contributed by atoms with Gasteiger partial charge < -0.3 is 20.3 Å². The molecular weight excluding hydrogens is 318 g/mol. The van der Waals surface area contributed by atoms with Crippen molar-refractivity contribution in [3.05, 3.63) is 24.3 Å². The van der Waals surface area contributed by atoms with Crippen LogP contribution in [0.15, 0.2) is 24.3 Å². The summed E-state index contributed by atoms with van der Waals surface area (Å²) in [7, 11) is 0. The summed E-state index contributed by atoms with van der Waals surface area (Å²) in [6.45, 7) is 8.85. The van der Waals surface area contributed by atoms with E-state index < -0.39 is 0 Å². The second-order valence-electron chi connectivity index (χ2n) is 7.79. The van der Waals surface area contributed by atoms with Crippen LogP contribution >= 0.6 is 0 Å². The van der Waals surface area contributed by atoms with E-state index in [0.717, 1.165) is 24.5 Å².